The van der Waals surface area contributed by atoms with Crippen LogP contribution in [0.5, 0.6) is 0 Å². The molecule has 2 unspecified atom stereocenters. The quantitative estimate of drug-likeness (QED) is 0.859. The van der Waals surface area contributed by atoms with Crippen molar-refractivity contribution >= 4 is 17.8 Å². The number of imidazole rings is 1. The van der Waals surface area contributed by atoms with Gasteiger partial charge in [-0.2, -0.15) is 0 Å². The van der Waals surface area contributed by atoms with Crippen molar-refractivity contribution in [2.45, 2.75) is 51.6 Å². The Kier molecular flexibility index (Phi) is 5.74. The summed E-state index contributed by atoms with van der Waals surface area (Å²) < 4.78 is 26.4. The van der Waals surface area contributed by atoms with Crippen LogP contribution in [-0.4, -0.2) is 51.1 Å². The minimum absolute atomic E-state index is 0.209. The molecule has 9 heteroatoms. The standard InChI is InChI=1S/C15H22F2N4O3/c1-9-13(21(8-18-9)7-12(16)17)19-14(22)10-4-3-5-11(6-10)20(2)15(23)24/h8,10-12H,3-7H2,1-2H3,(H,19,22)(H,23,24). The number of hydrogen-bond acceptors (Lipinski definition) is 3. The lowest BCUT2D eigenvalue weighted by atomic mass is 9.84. The largest absolute Gasteiger partial charge is 0.465 e. The van der Waals surface area contributed by atoms with E-state index in [0.717, 1.165) is 12.8 Å². The number of nitrogens with one attached hydrogen (secondary N) is 1. The second kappa shape index (κ2) is 7.59. The highest BCUT2D eigenvalue weighted by Crippen LogP contribution is 2.29. The minimum Gasteiger partial charge on any atom is -0.465 e. The van der Waals surface area contributed by atoms with Crippen LogP contribution in [-0.2, 0) is 11.3 Å². The third kappa shape index (κ3) is 4.21. The first-order chi connectivity index (χ1) is 11.3. The number of anilines is 1. The monoisotopic (exact) mass is 344 g/mol. The first kappa shape index (κ1) is 18.2. The van der Waals surface area contributed by atoms with Gasteiger partial charge in [-0.25, -0.2) is 18.6 Å². The molecular weight excluding hydrogens is 322 g/mol. The van der Waals surface area contributed by atoms with E-state index in [0.29, 0.717) is 18.5 Å². The zero-order valence-corrected chi connectivity index (χ0v) is 13.7. The van der Waals surface area contributed by atoms with Crippen LogP contribution in [0.15, 0.2) is 6.33 Å². The highest BCUT2D eigenvalue weighted by molar-refractivity contribution is 5.92. The maximum absolute atomic E-state index is 12.6. The van der Waals surface area contributed by atoms with E-state index in [-0.39, 0.29) is 23.7 Å². The Bertz CT molecular complexity index is 606. The number of carbonyl (C=O) groups is 2. The van der Waals surface area contributed by atoms with Gasteiger partial charge in [0.25, 0.3) is 6.43 Å². The van der Waals surface area contributed by atoms with Gasteiger partial charge in [-0.15, -0.1) is 0 Å². The lowest BCUT2D eigenvalue weighted by Gasteiger charge is -2.33. The van der Waals surface area contributed by atoms with Gasteiger partial charge in [0.1, 0.15) is 5.82 Å². The van der Waals surface area contributed by atoms with E-state index >= 15 is 0 Å². The van der Waals surface area contributed by atoms with E-state index < -0.39 is 19.1 Å². The molecule has 7 nitrogen and oxygen atoms in total. The molecule has 0 radical (unpaired) electrons. The molecule has 24 heavy (non-hydrogen) atoms. The Morgan fingerprint density at radius 3 is 2.83 bits per heavy atom. The number of alkyl halides is 2. The van der Waals surface area contributed by atoms with Crippen LogP contribution in [0, 0.1) is 12.8 Å². The summed E-state index contributed by atoms with van der Waals surface area (Å²) in [6, 6.07) is -0.209. The van der Waals surface area contributed by atoms with Crippen LogP contribution < -0.4 is 5.32 Å². The fraction of sp³-hybridized carbons (Fsp3) is 0.667. The Balaban J connectivity index is 2.04. The molecule has 0 spiro atoms. The summed E-state index contributed by atoms with van der Waals surface area (Å²) in [5.41, 5.74) is 0.471. The maximum Gasteiger partial charge on any atom is 0.407 e. The van der Waals surface area contributed by atoms with Crippen molar-refractivity contribution in [3.8, 4) is 0 Å². The number of carboxylic acid groups (broad SMARTS) is 1. The summed E-state index contributed by atoms with van der Waals surface area (Å²) in [7, 11) is 1.50. The number of aromatic nitrogens is 2. The van der Waals surface area contributed by atoms with E-state index in [4.69, 9.17) is 5.11 Å². The molecule has 0 bridgehead atoms. The van der Waals surface area contributed by atoms with E-state index in [9.17, 15) is 18.4 Å². The van der Waals surface area contributed by atoms with Gasteiger partial charge < -0.3 is 19.9 Å². The first-order valence-electron chi connectivity index (χ1n) is 7.86. The molecular formula is C15H22F2N4O3. The zero-order valence-electron chi connectivity index (χ0n) is 13.7. The van der Waals surface area contributed by atoms with Crippen LogP contribution in [0.2, 0.25) is 0 Å². The average Bonchev–Trinajstić information content (AvgIpc) is 2.86. The molecule has 134 valence electrons. The molecule has 2 N–H and O–H groups in total. The lowest BCUT2D eigenvalue weighted by Crippen LogP contribution is -2.41. The van der Waals surface area contributed by atoms with Gasteiger partial charge in [0.15, 0.2) is 0 Å². The highest BCUT2D eigenvalue weighted by Gasteiger charge is 2.31. The van der Waals surface area contributed by atoms with Crippen molar-refractivity contribution < 1.29 is 23.5 Å². The molecule has 0 saturated heterocycles. The summed E-state index contributed by atoms with van der Waals surface area (Å²) in [6.45, 7) is 1.10. The van der Waals surface area contributed by atoms with Gasteiger partial charge in [0.05, 0.1) is 18.6 Å². The van der Waals surface area contributed by atoms with Gasteiger partial charge in [-0.1, -0.05) is 6.42 Å². The number of hydrogen-bond donors (Lipinski definition) is 2. The van der Waals surface area contributed by atoms with Crippen molar-refractivity contribution in [1.29, 1.82) is 0 Å². The molecule has 2 atom stereocenters. The fourth-order valence-corrected chi connectivity index (χ4v) is 3.06. The summed E-state index contributed by atoms with van der Waals surface area (Å²) >= 11 is 0. The van der Waals surface area contributed by atoms with Crippen molar-refractivity contribution in [1.82, 2.24) is 14.5 Å². The predicted molar refractivity (Wildman–Crippen MR) is 83.1 cm³/mol. The van der Waals surface area contributed by atoms with Gasteiger partial charge in [-0.3, -0.25) is 4.79 Å². The highest BCUT2D eigenvalue weighted by atomic mass is 19.3. The molecule has 1 aliphatic rings. The smallest absolute Gasteiger partial charge is 0.407 e. The minimum atomic E-state index is -2.54. The molecule has 2 rings (SSSR count). The number of amides is 2. The molecule has 1 aliphatic carbocycles. The summed E-state index contributed by atoms with van der Waals surface area (Å²) in [4.78, 5) is 28.7. The van der Waals surface area contributed by atoms with Gasteiger partial charge in [-0.05, 0) is 26.2 Å². The normalized spacial score (nSPS) is 20.9. The molecule has 1 fully saturated rings. The second-order valence-electron chi connectivity index (χ2n) is 6.12. The topological polar surface area (TPSA) is 87.5 Å². The van der Waals surface area contributed by atoms with Gasteiger partial charge >= 0.3 is 6.09 Å². The van der Waals surface area contributed by atoms with Crippen LogP contribution in [0.3, 0.4) is 0 Å². The Morgan fingerprint density at radius 1 is 1.50 bits per heavy atom. The number of rotatable bonds is 5. The Morgan fingerprint density at radius 2 is 2.21 bits per heavy atom. The van der Waals surface area contributed by atoms with E-state index in [1.165, 1.54) is 22.8 Å². The van der Waals surface area contributed by atoms with Gasteiger partial charge in [0, 0.05) is 19.0 Å². The molecule has 1 aromatic heterocycles. The zero-order chi connectivity index (χ0) is 17.9. The third-order valence-corrected chi connectivity index (χ3v) is 4.46. The van der Waals surface area contributed by atoms with Crippen LogP contribution >= 0.6 is 0 Å². The fourth-order valence-electron chi connectivity index (χ4n) is 3.06. The van der Waals surface area contributed by atoms with Gasteiger partial charge in [0.2, 0.25) is 5.91 Å². The van der Waals surface area contributed by atoms with Crippen molar-refractivity contribution in [3.05, 3.63) is 12.0 Å². The molecule has 1 saturated carbocycles. The van der Waals surface area contributed by atoms with E-state index in [1.54, 1.807) is 6.92 Å². The van der Waals surface area contributed by atoms with E-state index in [2.05, 4.69) is 10.3 Å². The van der Waals surface area contributed by atoms with Crippen LogP contribution in [0.1, 0.15) is 31.4 Å². The van der Waals surface area contributed by atoms with Crippen LogP contribution in [0.25, 0.3) is 0 Å². The number of carbonyl (C=O) groups excluding carboxylic acids is 1. The van der Waals surface area contributed by atoms with E-state index in [1.807, 2.05) is 0 Å². The second-order valence-corrected chi connectivity index (χ2v) is 6.12. The molecule has 0 aromatic carbocycles. The third-order valence-electron chi connectivity index (χ3n) is 4.46. The Hall–Kier alpha value is -2.19. The first-order valence-corrected chi connectivity index (χ1v) is 7.86. The summed E-state index contributed by atoms with van der Waals surface area (Å²) in [5.74, 6) is -0.355. The molecule has 1 heterocycles. The lowest BCUT2D eigenvalue weighted by molar-refractivity contribution is -0.121. The average molecular weight is 344 g/mol. The molecule has 1 aromatic rings. The summed E-state index contributed by atoms with van der Waals surface area (Å²) in [6.07, 6.45) is 0.252. The molecule has 2 amide bonds. The SMILES string of the molecule is Cc1ncn(CC(F)F)c1NC(=O)C1CCCC(N(C)C(=O)O)C1. The van der Waals surface area contributed by atoms with Crippen molar-refractivity contribution in [2.75, 3.05) is 12.4 Å². The number of aryl methyl sites for hydroxylation is 1. The molecule has 0 aliphatic heterocycles. The van der Waals surface area contributed by atoms with Crippen molar-refractivity contribution in [3.63, 3.8) is 0 Å². The number of nitrogens with zero attached hydrogens (tertiary/aromatic N) is 3. The Labute approximate surface area is 138 Å². The predicted octanol–water partition coefficient (Wildman–Crippen LogP) is 2.56. The van der Waals surface area contributed by atoms with Crippen molar-refractivity contribution in [2.24, 2.45) is 5.92 Å². The number of halogens is 2. The van der Waals surface area contributed by atoms with Crippen LogP contribution in [0.4, 0.5) is 19.4 Å². The summed E-state index contributed by atoms with van der Waals surface area (Å²) in [5, 5.41) is 11.8. The maximum atomic E-state index is 12.6.